The monoisotopic (exact) mass is 228 g/mol. The standard InChI is InChI=1S/C16H20O/c1-4-5-14-10-16(14)13(3)11-17-15-8-6-12(2)7-9-15/h4-9,14,16H,3,10-11H2,1-2H3/b5-4-. The Morgan fingerprint density at radius 2 is 2.12 bits per heavy atom. The van der Waals surface area contributed by atoms with Crippen molar-refractivity contribution >= 4 is 0 Å². The molecule has 1 saturated carbocycles. The summed E-state index contributed by atoms with van der Waals surface area (Å²) in [7, 11) is 0. The van der Waals surface area contributed by atoms with Crippen molar-refractivity contribution in [3.05, 3.63) is 54.1 Å². The zero-order chi connectivity index (χ0) is 12.3. The van der Waals surface area contributed by atoms with E-state index in [-0.39, 0.29) is 0 Å². The van der Waals surface area contributed by atoms with Crippen LogP contribution in [0.1, 0.15) is 18.9 Å². The topological polar surface area (TPSA) is 9.23 Å². The lowest BCUT2D eigenvalue weighted by Gasteiger charge is -2.08. The predicted octanol–water partition coefficient (Wildman–Crippen LogP) is 4.14. The molecule has 2 atom stereocenters. The molecule has 0 saturated heterocycles. The normalized spacial score (nSPS) is 22.7. The minimum absolute atomic E-state index is 0.636. The van der Waals surface area contributed by atoms with Crippen LogP contribution in [0.15, 0.2) is 48.6 Å². The highest BCUT2D eigenvalue weighted by molar-refractivity contribution is 5.27. The van der Waals surface area contributed by atoms with E-state index in [1.807, 2.05) is 12.1 Å². The lowest BCUT2D eigenvalue weighted by Crippen LogP contribution is -2.02. The summed E-state index contributed by atoms with van der Waals surface area (Å²) in [6.45, 7) is 8.91. The highest BCUT2D eigenvalue weighted by atomic mass is 16.5. The lowest BCUT2D eigenvalue weighted by atomic mass is 10.1. The number of ether oxygens (including phenoxy) is 1. The molecule has 0 heterocycles. The van der Waals surface area contributed by atoms with Gasteiger partial charge in [0.1, 0.15) is 12.4 Å². The maximum Gasteiger partial charge on any atom is 0.119 e. The van der Waals surface area contributed by atoms with Crippen LogP contribution in [0.3, 0.4) is 0 Å². The molecule has 1 heteroatoms. The molecular formula is C16H20O. The molecule has 2 rings (SSSR count). The fourth-order valence-electron chi connectivity index (χ4n) is 2.06. The fourth-order valence-corrected chi connectivity index (χ4v) is 2.06. The first kappa shape index (κ1) is 12.0. The number of aryl methyl sites for hydroxylation is 1. The summed E-state index contributed by atoms with van der Waals surface area (Å²) in [5, 5.41) is 0. The van der Waals surface area contributed by atoms with Gasteiger partial charge in [-0.2, -0.15) is 0 Å². The first-order valence-electron chi connectivity index (χ1n) is 6.20. The van der Waals surface area contributed by atoms with E-state index in [0.29, 0.717) is 18.4 Å². The van der Waals surface area contributed by atoms with Crippen LogP contribution in [0.4, 0.5) is 0 Å². The number of allylic oxidation sites excluding steroid dienone is 2. The van der Waals surface area contributed by atoms with Gasteiger partial charge in [-0.1, -0.05) is 36.4 Å². The molecule has 1 aromatic carbocycles. The van der Waals surface area contributed by atoms with Crippen molar-refractivity contribution in [1.29, 1.82) is 0 Å². The van der Waals surface area contributed by atoms with Crippen LogP contribution in [-0.4, -0.2) is 6.61 Å². The minimum Gasteiger partial charge on any atom is -0.489 e. The molecule has 1 aliphatic carbocycles. The van der Waals surface area contributed by atoms with Crippen molar-refractivity contribution in [1.82, 2.24) is 0 Å². The van der Waals surface area contributed by atoms with Gasteiger partial charge in [0.05, 0.1) is 0 Å². The molecule has 0 amide bonds. The third-order valence-corrected chi connectivity index (χ3v) is 3.25. The Kier molecular flexibility index (Phi) is 3.68. The molecule has 90 valence electrons. The van der Waals surface area contributed by atoms with Crippen LogP contribution in [0.25, 0.3) is 0 Å². The van der Waals surface area contributed by atoms with Gasteiger partial charge in [0, 0.05) is 0 Å². The van der Waals surface area contributed by atoms with Gasteiger partial charge in [-0.25, -0.2) is 0 Å². The second-order valence-electron chi connectivity index (χ2n) is 4.79. The molecule has 0 radical (unpaired) electrons. The number of hydrogen-bond acceptors (Lipinski definition) is 1. The van der Waals surface area contributed by atoms with E-state index < -0.39 is 0 Å². The van der Waals surface area contributed by atoms with Gasteiger partial charge in [-0.05, 0) is 49.8 Å². The van der Waals surface area contributed by atoms with Crippen LogP contribution in [-0.2, 0) is 0 Å². The Hall–Kier alpha value is -1.50. The second-order valence-corrected chi connectivity index (χ2v) is 4.79. The van der Waals surface area contributed by atoms with Gasteiger partial charge in [0.2, 0.25) is 0 Å². The zero-order valence-corrected chi connectivity index (χ0v) is 10.6. The molecule has 0 spiro atoms. The van der Waals surface area contributed by atoms with Crippen molar-refractivity contribution in [3.63, 3.8) is 0 Å². The molecule has 0 bridgehead atoms. The van der Waals surface area contributed by atoms with Gasteiger partial charge in [-0.15, -0.1) is 0 Å². The van der Waals surface area contributed by atoms with Gasteiger partial charge < -0.3 is 4.74 Å². The van der Waals surface area contributed by atoms with E-state index in [1.54, 1.807) is 0 Å². The van der Waals surface area contributed by atoms with Crippen molar-refractivity contribution in [2.45, 2.75) is 20.3 Å². The Morgan fingerprint density at radius 3 is 2.76 bits per heavy atom. The van der Waals surface area contributed by atoms with E-state index >= 15 is 0 Å². The van der Waals surface area contributed by atoms with Crippen LogP contribution < -0.4 is 4.74 Å². The maximum absolute atomic E-state index is 5.73. The summed E-state index contributed by atoms with van der Waals surface area (Å²) < 4.78 is 5.73. The molecule has 17 heavy (non-hydrogen) atoms. The van der Waals surface area contributed by atoms with Crippen LogP contribution in [0.2, 0.25) is 0 Å². The summed E-state index contributed by atoms with van der Waals surface area (Å²) in [5.74, 6) is 2.27. The van der Waals surface area contributed by atoms with Crippen molar-refractivity contribution in [3.8, 4) is 5.75 Å². The van der Waals surface area contributed by atoms with E-state index in [9.17, 15) is 0 Å². The van der Waals surface area contributed by atoms with E-state index in [4.69, 9.17) is 4.74 Å². The minimum atomic E-state index is 0.636. The highest BCUT2D eigenvalue weighted by Crippen LogP contribution is 2.44. The fraction of sp³-hybridized carbons (Fsp3) is 0.375. The summed E-state index contributed by atoms with van der Waals surface area (Å²) >= 11 is 0. The molecule has 2 unspecified atom stereocenters. The highest BCUT2D eigenvalue weighted by Gasteiger charge is 2.36. The molecule has 0 aromatic heterocycles. The van der Waals surface area contributed by atoms with E-state index in [2.05, 4.69) is 44.7 Å². The molecule has 1 fully saturated rings. The van der Waals surface area contributed by atoms with Crippen molar-refractivity contribution in [2.24, 2.45) is 11.8 Å². The van der Waals surface area contributed by atoms with E-state index in [0.717, 1.165) is 5.75 Å². The Bertz CT molecular complexity index is 414. The molecule has 0 aliphatic heterocycles. The molecule has 0 N–H and O–H groups in total. The van der Waals surface area contributed by atoms with Crippen LogP contribution in [0.5, 0.6) is 5.75 Å². The third-order valence-electron chi connectivity index (χ3n) is 3.25. The Balaban J connectivity index is 1.79. The van der Waals surface area contributed by atoms with Crippen molar-refractivity contribution in [2.75, 3.05) is 6.61 Å². The molecular weight excluding hydrogens is 208 g/mol. The first-order valence-corrected chi connectivity index (χ1v) is 6.20. The third kappa shape index (κ3) is 3.23. The van der Waals surface area contributed by atoms with Gasteiger partial charge in [0.25, 0.3) is 0 Å². The predicted molar refractivity (Wildman–Crippen MR) is 72.2 cm³/mol. The van der Waals surface area contributed by atoms with Gasteiger partial charge >= 0.3 is 0 Å². The lowest BCUT2D eigenvalue weighted by molar-refractivity contribution is 0.345. The number of benzene rings is 1. The van der Waals surface area contributed by atoms with E-state index in [1.165, 1.54) is 17.6 Å². The summed E-state index contributed by atoms with van der Waals surface area (Å²) in [5.41, 5.74) is 2.47. The smallest absolute Gasteiger partial charge is 0.119 e. The summed E-state index contributed by atoms with van der Waals surface area (Å²) in [6, 6.07) is 8.16. The quantitative estimate of drug-likeness (QED) is 0.688. The summed E-state index contributed by atoms with van der Waals surface area (Å²) in [4.78, 5) is 0. The molecule has 1 aromatic rings. The second kappa shape index (κ2) is 5.22. The largest absolute Gasteiger partial charge is 0.489 e. The molecule has 1 nitrogen and oxygen atoms in total. The first-order chi connectivity index (χ1) is 8.20. The van der Waals surface area contributed by atoms with Gasteiger partial charge in [0.15, 0.2) is 0 Å². The Morgan fingerprint density at radius 1 is 1.41 bits per heavy atom. The van der Waals surface area contributed by atoms with Crippen LogP contribution >= 0.6 is 0 Å². The van der Waals surface area contributed by atoms with Crippen molar-refractivity contribution < 1.29 is 4.74 Å². The number of rotatable bonds is 5. The zero-order valence-electron chi connectivity index (χ0n) is 10.6. The van der Waals surface area contributed by atoms with Crippen LogP contribution in [0, 0.1) is 18.8 Å². The average Bonchev–Trinajstić information content (AvgIpc) is 3.08. The Labute approximate surface area is 104 Å². The average molecular weight is 228 g/mol. The summed E-state index contributed by atoms with van der Waals surface area (Å²) in [6.07, 6.45) is 5.63. The van der Waals surface area contributed by atoms with Gasteiger partial charge in [-0.3, -0.25) is 0 Å². The molecule has 1 aliphatic rings. The maximum atomic E-state index is 5.73. The SMILES string of the molecule is C=C(COc1ccc(C)cc1)C1CC1/C=C\C. The number of hydrogen-bond donors (Lipinski definition) is 0.